The first kappa shape index (κ1) is 35.2. The van der Waals surface area contributed by atoms with Crippen molar-refractivity contribution in [3.8, 4) is 5.75 Å². The average molecular weight is 668 g/mol. The number of rotatable bonds is 12. The normalized spacial score (nSPS) is 17.4. The van der Waals surface area contributed by atoms with E-state index in [9.17, 15) is 42.3 Å². The SMILES string of the molecule is CCOC(=O)N1CCN(C(=O)C(CCC(=O)O)NC(=O)c2cc(OCC(=O)N3CCCC3COC(F)(F)F)c3ccccc3n2)CC1. The van der Waals surface area contributed by atoms with E-state index in [0.717, 1.165) is 0 Å². The van der Waals surface area contributed by atoms with Gasteiger partial charge in [-0.2, -0.15) is 0 Å². The van der Waals surface area contributed by atoms with E-state index in [0.29, 0.717) is 23.7 Å². The fraction of sp³-hybridized carbons (Fsp3) is 0.533. The molecule has 1 aromatic heterocycles. The lowest BCUT2D eigenvalue weighted by Crippen LogP contribution is -2.56. The number of halogens is 3. The van der Waals surface area contributed by atoms with Crippen LogP contribution in [0.2, 0.25) is 0 Å². The number of para-hydroxylation sites is 1. The predicted octanol–water partition coefficient (Wildman–Crippen LogP) is 2.40. The van der Waals surface area contributed by atoms with Gasteiger partial charge in [0.1, 0.15) is 17.5 Å². The first-order valence-corrected chi connectivity index (χ1v) is 15.1. The van der Waals surface area contributed by atoms with Gasteiger partial charge in [0.2, 0.25) is 5.91 Å². The number of nitrogens with zero attached hydrogens (tertiary/aromatic N) is 4. The molecule has 2 atom stereocenters. The largest absolute Gasteiger partial charge is 0.522 e. The van der Waals surface area contributed by atoms with Gasteiger partial charge in [-0.15, -0.1) is 13.2 Å². The molecule has 2 fully saturated rings. The Kier molecular flexibility index (Phi) is 11.8. The Bertz CT molecular complexity index is 1470. The van der Waals surface area contributed by atoms with Gasteiger partial charge in [-0.3, -0.25) is 23.9 Å². The number of nitrogens with one attached hydrogen (secondary N) is 1. The molecule has 17 heteroatoms. The van der Waals surface area contributed by atoms with Crippen LogP contribution in [-0.2, 0) is 23.9 Å². The van der Waals surface area contributed by atoms with Crippen molar-refractivity contribution < 1.29 is 56.5 Å². The molecule has 0 saturated carbocycles. The van der Waals surface area contributed by atoms with Crippen molar-refractivity contribution in [3.05, 3.63) is 36.0 Å². The van der Waals surface area contributed by atoms with Gasteiger partial charge in [0, 0.05) is 50.6 Å². The Labute approximate surface area is 267 Å². The number of carboxylic acids is 1. The summed E-state index contributed by atoms with van der Waals surface area (Å²) >= 11 is 0. The molecule has 47 heavy (non-hydrogen) atoms. The van der Waals surface area contributed by atoms with Crippen LogP contribution in [0.25, 0.3) is 10.9 Å². The van der Waals surface area contributed by atoms with E-state index in [1.165, 1.54) is 20.8 Å². The van der Waals surface area contributed by atoms with E-state index in [2.05, 4.69) is 15.0 Å². The van der Waals surface area contributed by atoms with Crippen molar-refractivity contribution in [1.82, 2.24) is 25.0 Å². The molecule has 4 amide bonds. The Morgan fingerprint density at radius 3 is 2.45 bits per heavy atom. The Morgan fingerprint density at radius 2 is 1.77 bits per heavy atom. The molecule has 0 aliphatic carbocycles. The highest BCUT2D eigenvalue weighted by atomic mass is 19.4. The number of ether oxygens (including phenoxy) is 3. The summed E-state index contributed by atoms with van der Waals surface area (Å²) in [4.78, 5) is 71.7. The van der Waals surface area contributed by atoms with Crippen molar-refractivity contribution in [2.45, 2.75) is 51.1 Å². The lowest BCUT2D eigenvalue weighted by molar-refractivity contribution is -0.327. The summed E-state index contributed by atoms with van der Waals surface area (Å²) in [5.41, 5.74) is 0.146. The number of benzene rings is 1. The second-order valence-electron chi connectivity index (χ2n) is 10.9. The van der Waals surface area contributed by atoms with Gasteiger partial charge in [-0.25, -0.2) is 9.78 Å². The minimum absolute atomic E-state index is 0.0971. The summed E-state index contributed by atoms with van der Waals surface area (Å²) in [7, 11) is 0. The van der Waals surface area contributed by atoms with Gasteiger partial charge in [-0.05, 0) is 38.3 Å². The van der Waals surface area contributed by atoms with Gasteiger partial charge in [0.05, 0.1) is 24.8 Å². The number of piperazine rings is 1. The molecule has 0 bridgehead atoms. The number of carbonyl (C=O) groups excluding carboxylic acids is 4. The summed E-state index contributed by atoms with van der Waals surface area (Å²) in [6.07, 6.45) is -5.11. The van der Waals surface area contributed by atoms with Crippen molar-refractivity contribution in [2.24, 2.45) is 0 Å². The first-order chi connectivity index (χ1) is 22.4. The Morgan fingerprint density at radius 1 is 1.06 bits per heavy atom. The zero-order valence-electron chi connectivity index (χ0n) is 25.7. The molecule has 2 aliphatic heterocycles. The quantitative estimate of drug-likeness (QED) is 0.343. The highest BCUT2D eigenvalue weighted by Crippen LogP contribution is 2.27. The summed E-state index contributed by atoms with van der Waals surface area (Å²) in [6.45, 7) is 1.59. The average Bonchev–Trinajstić information content (AvgIpc) is 3.52. The lowest BCUT2D eigenvalue weighted by Gasteiger charge is -2.35. The van der Waals surface area contributed by atoms with Crippen LogP contribution in [0.5, 0.6) is 5.75 Å². The van der Waals surface area contributed by atoms with Crippen molar-refractivity contribution in [3.63, 3.8) is 0 Å². The molecule has 2 unspecified atom stereocenters. The number of amides is 4. The summed E-state index contributed by atoms with van der Waals surface area (Å²) in [5.74, 6) is -2.96. The summed E-state index contributed by atoms with van der Waals surface area (Å²) in [6, 6.07) is 5.88. The number of alkyl halides is 3. The highest BCUT2D eigenvalue weighted by Gasteiger charge is 2.36. The number of aromatic nitrogens is 1. The van der Waals surface area contributed by atoms with E-state index >= 15 is 0 Å². The molecule has 14 nitrogen and oxygen atoms in total. The molecule has 2 saturated heterocycles. The molecule has 2 aliphatic rings. The molecule has 3 heterocycles. The van der Waals surface area contributed by atoms with Crippen LogP contribution in [0.4, 0.5) is 18.0 Å². The third-order valence-corrected chi connectivity index (χ3v) is 7.77. The standard InChI is InChI=1S/C30H36F3N5O9/c1-2-45-29(44)37-14-12-36(13-15-37)28(43)22(9-10-26(40)41)35-27(42)23-16-24(20-7-3-4-8-21(20)34-23)46-18-25(39)38-11-5-6-19(38)17-47-30(31,32)33/h3-4,7-8,16,19,22H,2,5-6,9-15,17-18H2,1H3,(H,35,42)(H,40,41). The highest BCUT2D eigenvalue weighted by molar-refractivity contribution is 5.99. The van der Waals surface area contributed by atoms with E-state index in [1.54, 1.807) is 31.2 Å². The molecule has 1 aromatic carbocycles. The van der Waals surface area contributed by atoms with Gasteiger partial charge < -0.3 is 34.6 Å². The molecule has 0 radical (unpaired) electrons. The molecule has 256 valence electrons. The van der Waals surface area contributed by atoms with Crippen LogP contribution >= 0.6 is 0 Å². The summed E-state index contributed by atoms with van der Waals surface area (Å²) < 4.78 is 52.4. The molecular weight excluding hydrogens is 631 g/mol. The number of hydrogen-bond acceptors (Lipinski definition) is 9. The fourth-order valence-corrected chi connectivity index (χ4v) is 5.43. The van der Waals surface area contributed by atoms with Crippen LogP contribution in [-0.4, -0.2) is 126 Å². The van der Waals surface area contributed by atoms with E-state index in [-0.39, 0.29) is 57.2 Å². The van der Waals surface area contributed by atoms with Crippen molar-refractivity contribution in [1.29, 1.82) is 0 Å². The van der Waals surface area contributed by atoms with Crippen molar-refractivity contribution >= 4 is 40.7 Å². The van der Waals surface area contributed by atoms with E-state index in [1.807, 2.05) is 0 Å². The smallest absolute Gasteiger partial charge is 0.483 e. The molecular formula is C30H36F3N5O9. The molecule has 2 N–H and O–H groups in total. The second-order valence-corrected chi connectivity index (χ2v) is 10.9. The fourth-order valence-electron chi connectivity index (χ4n) is 5.43. The number of aliphatic carboxylic acids is 1. The molecule has 2 aromatic rings. The zero-order valence-corrected chi connectivity index (χ0v) is 25.7. The zero-order chi connectivity index (χ0) is 34.1. The maximum atomic E-state index is 13.4. The first-order valence-electron chi connectivity index (χ1n) is 15.1. The third-order valence-electron chi connectivity index (χ3n) is 7.77. The number of pyridine rings is 1. The maximum Gasteiger partial charge on any atom is 0.522 e. The van der Waals surface area contributed by atoms with Crippen LogP contribution in [0.15, 0.2) is 30.3 Å². The number of carbonyl (C=O) groups is 5. The predicted molar refractivity (Wildman–Crippen MR) is 157 cm³/mol. The van der Waals surface area contributed by atoms with Crippen LogP contribution in [0.1, 0.15) is 43.1 Å². The third kappa shape index (κ3) is 9.67. The van der Waals surface area contributed by atoms with E-state index in [4.69, 9.17) is 9.47 Å². The van der Waals surface area contributed by atoms with Gasteiger partial charge in [-0.1, -0.05) is 12.1 Å². The monoisotopic (exact) mass is 667 g/mol. The summed E-state index contributed by atoms with van der Waals surface area (Å²) in [5, 5.41) is 12.3. The van der Waals surface area contributed by atoms with Crippen LogP contribution in [0, 0.1) is 0 Å². The lowest BCUT2D eigenvalue weighted by atomic mass is 10.1. The molecule has 4 rings (SSSR count). The minimum atomic E-state index is -4.82. The van der Waals surface area contributed by atoms with E-state index < -0.39 is 67.9 Å². The topological polar surface area (TPSA) is 168 Å². The minimum Gasteiger partial charge on any atom is -0.483 e. The van der Waals surface area contributed by atoms with Gasteiger partial charge in [0.25, 0.3) is 11.8 Å². The van der Waals surface area contributed by atoms with Gasteiger partial charge in [0.15, 0.2) is 6.61 Å². The number of fused-ring (bicyclic) bond motifs is 1. The number of carboxylic acid groups (broad SMARTS) is 1. The molecule has 0 spiro atoms. The van der Waals surface area contributed by atoms with Crippen LogP contribution in [0.3, 0.4) is 0 Å². The Hall–Kier alpha value is -4.67. The Balaban J connectivity index is 1.47. The van der Waals surface area contributed by atoms with Crippen molar-refractivity contribution in [2.75, 3.05) is 52.5 Å². The maximum absolute atomic E-state index is 13.4. The van der Waals surface area contributed by atoms with Crippen LogP contribution < -0.4 is 10.1 Å². The van der Waals surface area contributed by atoms with Gasteiger partial charge >= 0.3 is 18.4 Å². The number of likely N-dealkylation sites (tertiary alicyclic amines) is 1. The second kappa shape index (κ2) is 15.8. The number of hydrogen-bond donors (Lipinski definition) is 2.